The largest absolute Gasteiger partial charge is 0.454 e. The Kier molecular flexibility index (Phi) is 4.06. The molecule has 0 radical (unpaired) electrons. The van der Waals surface area contributed by atoms with Crippen LogP contribution in [-0.2, 0) is 6.54 Å². The van der Waals surface area contributed by atoms with Crippen LogP contribution in [0.4, 0.5) is 8.78 Å². The number of rotatable bonds is 3. The van der Waals surface area contributed by atoms with E-state index in [1.807, 2.05) is 6.07 Å². The Morgan fingerprint density at radius 3 is 2.66 bits per heavy atom. The zero-order valence-corrected chi connectivity index (χ0v) is 16.2. The Bertz CT molecular complexity index is 944. The maximum atomic E-state index is 14.4. The first-order valence-corrected chi connectivity index (χ1v) is 10.5. The van der Waals surface area contributed by atoms with Gasteiger partial charge < -0.3 is 9.47 Å². The highest BCUT2D eigenvalue weighted by Crippen LogP contribution is 2.48. The van der Waals surface area contributed by atoms with Gasteiger partial charge in [-0.3, -0.25) is 9.80 Å². The van der Waals surface area contributed by atoms with Gasteiger partial charge in [0.05, 0.1) is 0 Å². The van der Waals surface area contributed by atoms with Crippen molar-refractivity contribution < 1.29 is 18.3 Å². The van der Waals surface area contributed by atoms with E-state index < -0.39 is 11.6 Å². The Labute approximate surface area is 169 Å². The molecule has 3 atom stereocenters. The van der Waals surface area contributed by atoms with E-state index in [-0.39, 0.29) is 6.79 Å². The summed E-state index contributed by atoms with van der Waals surface area (Å²) >= 11 is 0. The molecule has 0 amide bonds. The van der Waals surface area contributed by atoms with Gasteiger partial charge in [-0.05, 0) is 55.6 Å². The van der Waals surface area contributed by atoms with Crippen molar-refractivity contribution >= 4 is 0 Å². The van der Waals surface area contributed by atoms with Gasteiger partial charge in [0.2, 0.25) is 6.79 Å². The number of ether oxygens (including phenoxy) is 2. The van der Waals surface area contributed by atoms with Crippen LogP contribution in [0.2, 0.25) is 0 Å². The second kappa shape index (κ2) is 6.67. The fraction of sp³-hybridized carbons (Fsp3) is 0.478. The zero-order chi connectivity index (χ0) is 19.5. The standard InChI is InChI=1S/C23H24F2N2O2/c24-18-3-1-2-16(21(18)25)11-27-12-17(15-4-5-19-20(10-15)29-13-28-19)23-22(27)14-6-8-26(23)9-7-14/h1-5,10,14,17,22-23H,6-9,11-13H2/t17-,22+,23+/m0/s1. The van der Waals surface area contributed by atoms with E-state index in [9.17, 15) is 8.78 Å². The van der Waals surface area contributed by atoms with Crippen LogP contribution >= 0.6 is 0 Å². The summed E-state index contributed by atoms with van der Waals surface area (Å²) in [4.78, 5) is 5.01. The number of benzene rings is 2. The van der Waals surface area contributed by atoms with E-state index in [4.69, 9.17) is 9.47 Å². The minimum atomic E-state index is -0.764. The van der Waals surface area contributed by atoms with Crippen molar-refractivity contribution in [3.8, 4) is 11.5 Å². The Balaban J connectivity index is 1.35. The van der Waals surface area contributed by atoms with Crippen LogP contribution in [0, 0.1) is 17.6 Å². The summed E-state index contributed by atoms with van der Waals surface area (Å²) in [5.41, 5.74) is 1.70. The molecule has 0 aliphatic carbocycles. The Morgan fingerprint density at radius 2 is 1.79 bits per heavy atom. The van der Waals surface area contributed by atoms with Gasteiger partial charge in [0.1, 0.15) is 0 Å². The molecule has 4 nitrogen and oxygen atoms in total. The maximum Gasteiger partial charge on any atom is 0.231 e. The molecule has 6 heteroatoms. The third-order valence-corrected chi connectivity index (χ3v) is 7.32. The van der Waals surface area contributed by atoms with E-state index in [0.717, 1.165) is 31.1 Å². The van der Waals surface area contributed by atoms with Crippen molar-refractivity contribution in [3.05, 3.63) is 59.2 Å². The normalized spacial score (nSPS) is 32.6. The SMILES string of the molecule is Fc1cccc(CN2C[C@@H](c3ccc4c(c3)OCO4)[C@@H]3[C@H]2C2CCN3CC2)c1F. The topological polar surface area (TPSA) is 24.9 Å². The van der Waals surface area contributed by atoms with Crippen LogP contribution < -0.4 is 9.47 Å². The molecule has 2 aromatic carbocycles. The van der Waals surface area contributed by atoms with Gasteiger partial charge in [0, 0.05) is 36.7 Å². The van der Waals surface area contributed by atoms with E-state index in [0.29, 0.717) is 36.0 Å². The van der Waals surface area contributed by atoms with Crippen molar-refractivity contribution in [2.75, 3.05) is 26.4 Å². The van der Waals surface area contributed by atoms with Crippen molar-refractivity contribution in [2.45, 2.75) is 37.4 Å². The Morgan fingerprint density at radius 1 is 0.966 bits per heavy atom. The quantitative estimate of drug-likeness (QED) is 0.786. The number of halogens is 2. The van der Waals surface area contributed by atoms with Gasteiger partial charge in [-0.2, -0.15) is 0 Å². The highest BCUT2D eigenvalue weighted by Gasteiger charge is 2.53. The molecule has 5 heterocycles. The molecule has 0 aromatic heterocycles. The zero-order valence-electron chi connectivity index (χ0n) is 16.2. The van der Waals surface area contributed by atoms with Crippen LogP contribution in [-0.4, -0.2) is 48.3 Å². The fourth-order valence-corrected chi connectivity index (χ4v) is 6.05. The number of nitrogens with zero attached hydrogens (tertiary/aromatic N) is 2. The summed E-state index contributed by atoms with van der Waals surface area (Å²) in [5, 5.41) is 0. The fourth-order valence-electron chi connectivity index (χ4n) is 6.05. The summed E-state index contributed by atoms with van der Waals surface area (Å²) in [5.74, 6) is 1.09. The van der Waals surface area contributed by atoms with Gasteiger partial charge in [0.15, 0.2) is 23.1 Å². The lowest BCUT2D eigenvalue weighted by Gasteiger charge is -2.51. The number of likely N-dealkylation sites (tertiary alicyclic amines) is 1. The molecule has 4 saturated heterocycles. The molecule has 152 valence electrons. The number of piperidine rings is 3. The predicted molar refractivity (Wildman–Crippen MR) is 104 cm³/mol. The van der Waals surface area contributed by atoms with Crippen molar-refractivity contribution in [2.24, 2.45) is 5.92 Å². The van der Waals surface area contributed by atoms with Crippen LogP contribution in [0.3, 0.4) is 0 Å². The van der Waals surface area contributed by atoms with E-state index >= 15 is 0 Å². The number of hydrogen-bond acceptors (Lipinski definition) is 4. The molecule has 7 rings (SSSR count). The molecule has 5 aliphatic rings. The van der Waals surface area contributed by atoms with Gasteiger partial charge >= 0.3 is 0 Å². The molecule has 29 heavy (non-hydrogen) atoms. The third kappa shape index (κ3) is 2.76. The smallest absolute Gasteiger partial charge is 0.231 e. The first-order valence-electron chi connectivity index (χ1n) is 10.5. The van der Waals surface area contributed by atoms with Gasteiger partial charge in [-0.1, -0.05) is 18.2 Å². The molecular weight excluding hydrogens is 374 g/mol. The lowest BCUT2D eigenvalue weighted by Crippen LogP contribution is -2.60. The van der Waals surface area contributed by atoms with E-state index in [1.54, 1.807) is 12.1 Å². The highest BCUT2D eigenvalue weighted by atomic mass is 19.2. The average Bonchev–Trinajstić information content (AvgIpc) is 3.37. The van der Waals surface area contributed by atoms with Gasteiger partial charge in [-0.15, -0.1) is 0 Å². The average molecular weight is 398 g/mol. The minimum absolute atomic E-state index is 0.272. The van der Waals surface area contributed by atoms with Crippen molar-refractivity contribution in [1.29, 1.82) is 0 Å². The first kappa shape index (κ1) is 17.7. The molecule has 2 bridgehead atoms. The number of fused-ring (bicyclic) bond motifs is 3. The summed E-state index contributed by atoms with van der Waals surface area (Å²) in [6, 6.07) is 11.6. The molecule has 5 aliphatic heterocycles. The van der Waals surface area contributed by atoms with E-state index in [2.05, 4.69) is 21.9 Å². The monoisotopic (exact) mass is 398 g/mol. The first-order chi connectivity index (χ1) is 14.2. The van der Waals surface area contributed by atoms with Crippen LogP contribution in [0.1, 0.15) is 29.9 Å². The lowest BCUT2D eigenvalue weighted by atomic mass is 9.75. The summed E-state index contributed by atoms with van der Waals surface area (Å²) < 4.78 is 39.3. The number of hydrogen-bond donors (Lipinski definition) is 0. The highest BCUT2D eigenvalue weighted by molar-refractivity contribution is 5.46. The van der Waals surface area contributed by atoms with Crippen molar-refractivity contribution in [3.63, 3.8) is 0 Å². The molecule has 2 aromatic rings. The van der Waals surface area contributed by atoms with Gasteiger partial charge in [-0.25, -0.2) is 8.78 Å². The molecule has 4 fully saturated rings. The van der Waals surface area contributed by atoms with Gasteiger partial charge in [0.25, 0.3) is 0 Å². The maximum absolute atomic E-state index is 14.4. The van der Waals surface area contributed by atoms with Crippen LogP contribution in [0.15, 0.2) is 36.4 Å². The molecule has 0 saturated carbocycles. The minimum Gasteiger partial charge on any atom is -0.454 e. The summed E-state index contributed by atoms with van der Waals surface area (Å²) in [6.45, 7) is 3.84. The molecule has 0 spiro atoms. The predicted octanol–water partition coefficient (Wildman–Crippen LogP) is 3.76. The van der Waals surface area contributed by atoms with Crippen LogP contribution in [0.25, 0.3) is 0 Å². The molecule has 0 unspecified atom stereocenters. The molecular formula is C23H24F2N2O2. The second-order valence-electron chi connectivity index (χ2n) is 8.72. The second-order valence-corrected chi connectivity index (χ2v) is 8.72. The van der Waals surface area contributed by atoms with Crippen molar-refractivity contribution in [1.82, 2.24) is 9.80 Å². The summed E-state index contributed by atoms with van der Waals surface area (Å²) in [6.07, 6.45) is 2.38. The molecule has 0 N–H and O–H groups in total. The third-order valence-electron chi connectivity index (χ3n) is 7.32. The van der Waals surface area contributed by atoms with Crippen LogP contribution in [0.5, 0.6) is 11.5 Å². The summed E-state index contributed by atoms with van der Waals surface area (Å²) in [7, 11) is 0. The van der Waals surface area contributed by atoms with E-state index in [1.165, 1.54) is 24.5 Å². The lowest BCUT2D eigenvalue weighted by molar-refractivity contribution is -0.00896. The Hall–Kier alpha value is -2.18.